The lowest BCUT2D eigenvalue weighted by Crippen LogP contribution is -2.20. The normalized spacial score (nSPS) is 13.5. The fraction of sp³-hybridized carbons (Fsp3) is 0.111. The summed E-state index contributed by atoms with van der Waals surface area (Å²) in [6, 6.07) is 2.08. The molecule has 0 aromatic carbocycles. The predicted molar refractivity (Wildman–Crippen MR) is 51.8 cm³/mol. The minimum Gasteiger partial charge on any atom is -0.393 e. The van der Waals surface area contributed by atoms with Crippen LogP contribution in [0.4, 0.5) is 0 Å². The molecule has 0 radical (unpaired) electrons. The third-order valence-corrected chi connectivity index (χ3v) is 2.19. The van der Waals surface area contributed by atoms with E-state index in [0.29, 0.717) is 0 Å². The lowest BCUT2D eigenvalue weighted by atomic mass is 10.4. The Kier molecular flexibility index (Phi) is 2.93. The van der Waals surface area contributed by atoms with Gasteiger partial charge in [-0.05, 0) is 17.5 Å². The highest BCUT2D eigenvalue weighted by molar-refractivity contribution is 7.07. The van der Waals surface area contributed by atoms with Crippen LogP contribution in [-0.4, -0.2) is 7.05 Å². The maximum Gasteiger partial charge on any atom is 0.0356 e. The second-order valence-electron chi connectivity index (χ2n) is 2.08. The summed E-state index contributed by atoms with van der Waals surface area (Å²) in [6.45, 7) is 3.65. The molecule has 1 rings (SSSR count). The third-order valence-electron chi connectivity index (χ3n) is 1.30. The smallest absolute Gasteiger partial charge is 0.0356 e. The van der Waals surface area contributed by atoms with Crippen molar-refractivity contribution >= 4 is 23.6 Å². The van der Waals surface area contributed by atoms with Crippen LogP contribution >= 0.6 is 11.3 Å². The molecule has 1 N–H and O–H groups in total. The van der Waals surface area contributed by atoms with Crippen molar-refractivity contribution in [2.75, 3.05) is 7.05 Å². The van der Waals surface area contributed by atoms with Crippen LogP contribution in [0.15, 0.2) is 24.1 Å². The molecule has 0 saturated heterocycles. The summed E-state index contributed by atoms with van der Waals surface area (Å²) in [7, 11) is 1.90. The van der Waals surface area contributed by atoms with E-state index in [1.54, 1.807) is 17.4 Å². The molecule has 0 fully saturated rings. The molecule has 0 aliphatic rings. The summed E-state index contributed by atoms with van der Waals surface area (Å²) in [5, 5.41) is 6.28. The Labute approximate surface area is 70.4 Å². The number of rotatable bonds is 2. The Balaban J connectivity index is 3.27. The quantitative estimate of drug-likeness (QED) is 0.679. The fourth-order valence-electron chi connectivity index (χ4n) is 0.848. The summed E-state index contributed by atoms with van der Waals surface area (Å²) in [5.74, 6) is 0. The van der Waals surface area contributed by atoms with Gasteiger partial charge in [-0.3, -0.25) is 0 Å². The van der Waals surface area contributed by atoms with Crippen molar-refractivity contribution in [2.45, 2.75) is 0 Å². The van der Waals surface area contributed by atoms with Gasteiger partial charge in [-0.25, -0.2) is 0 Å². The van der Waals surface area contributed by atoms with E-state index in [1.807, 2.05) is 19.3 Å². The number of hydrogen-bond acceptors (Lipinski definition) is 2. The van der Waals surface area contributed by atoms with E-state index < -0.39 is 0 Å². The average molecular weight is 165 g/mol. The van der Waals surface area contributed by atoms with E-state index in [1.165, 1.54) is 9.75 Å². The van der Waals surface area contributed by atoms with Gasteiger partial charge in [0.15, 0.2) is 0 Å². The first-order valence-electron chi connectivity index (χ1n) is 3.42. The van der Waals surface area contributed by atoms with Crippen molar-refractivity contribution < 1.29 is 0 Å². The van der Waals surface area contributed by atoms with Crippen molar-refractivity contribution in [2.24, 2.45) is 0 Å². The van der Waals surface area contributed by atoms with Gasteiger partial charge >= 0.3 is 0 Å². The SMILES string of the molecule is C=C/C=c1/scc/c1=C/NC. The Morgan fingerprint density at radius 2 is 2.45 bits per heavy atom. The second kappa shape index (κ2) is 3.98. The molecule has 1 aromatic heterocycles. The molecule has 1 aromatic rings. The minimum absolute atomic E-state index is 1.22. The Hall–Kier alpha value is -1.02. The molecular formula is C9H11NS. The van der Waals surface area contributed by atoms with Gasteiger partial charge in [0.25, 0.3) is 0 Å². The zero-order valence-electron chi connectivity index (χ0n) is 6.50. The van der Waals surface area contributed by atoms with E-state index in [0.717, 1.165) is 0 Å². The molecule has 0 aliphatic carbocycles. The van der Waals surface area contributed by atoms with Crippen molar-refractivity contribution in [1.82, 2.24) is 5.32 Å². The van der Waals surface area contributed by atoms with Gasteiger partial charge < -0.3 is 5.32 Å². The lowest BCUT2D eigenvalue weighted by molar-refractivity contribution is 1.17. The van der Waals surface area contributed by atoms with E-state index in [4.69, 9.17) is 0 Å². The van der Waals surface area contributed by atoms with E-state index in [-0.39, 0.29) is 0 Å². The van der Waals surface area contributed by atoms with Crippen molar-refractivity contribution in [3.05, 3.63) is 33.9 Å². The van der Waals surface area contributed by atoms with E-state index >= 15 is 0 Å². The van der Waals surface area contributed by atoms with Crippen LogP contribution in [0.3, 0.4) is 0 Å². The topological polar surface area (TPSA) is 12.0 Å². The second-order valence-corrected chi connectivity index (χ2v) is 3.02. The Morgan fingerprint density at radius 1 is 1.64 bits per heavy atom. The van der Waals surface area contributed by atoms with Crippen LogP contribution < -0.4 is 15.1 Å². The molecule has 0 bridgehead atoms. The summed E-state index contributed by atoms with van der Waals surface area (Å²) < 4.78 is 1.24. The molecular weight excluding hydrogens is 154 g/mol. The first-order valence-corrected chi connectivity index (χ1v) is 4.30. The van der Waals surface area contributed by atoms with Crippen molar-refractivity contribution in [1.29, 1.82) is 0 Å². The van der Waals surface area contributed by atoms with E-state index in [2.05, 4.69) is 23.3 Å². The highest BCUT2D eigenvalue weighted by Crippen LogP contribution is 1.80. The van der Waals surface area contributed by atoms with Crippen LogP contribution in [0.1, 0.15) is 0 Å². The molecule has 0 spiro atoms. The monoisotopic (exact) mass is 165 g/mol. The molecule has 1 nitrogen and oxygen atoms in total. The van der Waals surface area contributed by atoms with E-state index in [9.17, 15) is 0 Å². The molecule has 2 heteroatoms. The summed E-state index contributed by atoms with van der Waals surface area (Å²) in [6.07, 6.45) is 5.79. The van der Waals surface area contributed by atoms with Crippen LogP contribution in [0.2, 0.25) is 0 Å². The van der Waals surface area contributed by atoms with Crippen LogP contribution in [0, 0.1) is 0 Å². The van der Waals surface area contributed by atoms with Gasteiger partial charge in [0.05, 0.1) is 0 Å². The zero-order chi connectivity index (χ0) is 8.10. The highest BCUT2D eigenvalue weighted by atomic mass is 32.1. The largest absolute Gasteiger partial charge is 0.393 e. The molecule has 0 aliphatic heterocycles. The number of nitrogens with one attached hydrogen (secondary N) is 1. The number of allylic oxidation sites excluding steroid dienone is 1. The van der Waals surface area contributed by atoms with Crippen LogP contribution in [0.25, 0.3) is 12.3 Å². The van der Waals surface area contributed by atoms with Gasteiger partial charge in [-0.1, -0.05) is 12.7 Å². The molecule has 58 valence electrons. The number of hydrogen-bond donors (Lipinski definition) is 1. The Bertz CT molecular complexity index is 335. The first kappa shape index (κ1) is 8.08. The third kappa shape index (κ3) is 1.95. The van der Waals surface area contributed by atoms with Gasteiger partial charge in [-0.2, -0.15) is 0 Å². The maximum atomic E-state index is 3.65. The molecule has 0 unspecified atom stereocenters. The summed E-state index contributed by atoms with van der Waals surface area (Å²) in [5.41, 5.74) is 0. The standard InChI is InChI=1S/C9H11NS/c1-3-4-9-8(7-10-2)5-6-11-9/h3-7,10H,1H2,2H3/b8-7-,9-4+. The summed E-state index contributed by atoms with van der Waals surface area (Å²) >= 11 is 1.72. The highest BCUT2D eigenvalue weighted by Gasteiger charge is 1.82. The lowest BCUT2D eigenvalue weighted by Gasteiger charge is -1.81. The van der Waals surface area contributed by atoms with Gasteiger partial charge in [-0.15, -0.1) is 11.3 Å². The van der Waals surface area contributed by atoms with Gasteiger partial charge in [0.2, 0.25) is 0 Å². The van der Waals surface area contributed by atoms with Crippen molar-refractivity contribution in [3.63, 3.8) is 0 Å². The molecule has 0 atom stereocenters. The average Bonchev–Trinajstić information content (AvgIpc) is 2.39. The summed E-state index contributed by atoms with van der Waals surface area (Å²) in [4.78, 5) is 0. The fourth-order valence-corrected chi connectivity index (χ4v) is 1.65. The van der Waals surface area contributed by atoms with Gasteiger partial charge in [0.1, 0.15) is 0 Å². The first-order chi connectivity index (χ1) is 5.38. The van der Waals surface area contributed by atoms with Gasteiger partial charge in [0, 0.05) is 23.0 Å². The minimum atomic E-state index is 1.22. The zero-order valence-corrected chi connectivity index (χ0v) is 7.32. The predicted octanol–water partition coefficient (Wildman–Crippen LogP) is 0.672. The molecule has 0 amide bonds. The molecule has 11 heavy (non-hydrogen) atoms. The number of thiophene rings is 1. The molecule has 1 heterocycles. The Morgan fingerprint density at radius 3 is 3.09 bits per heavy atom. The van der Waals surface area contributed by atoms with Crippen LogP contribution in [-0.2, 0) is 0 Å². The maximum absolute atomic E-state index is 3.65. The van der Waals surface area contributed by atoms with Crippen LogP contribution in [0.5, 0.6) is 0 Å². The van der Waals surface area contributed by atoms with Crippen molar-refractivity contribution in [3.8, 4) is 0 Å². The molecule has 0 saturated carbocycles.